The number of sulfonamides is 1. The van der Waals surface area contributed by atoms with Crippen molar-refractivity contribution in [3.05, 3.63) is 17.5 Å². The van der Waals surface area contributed by atoms with Gasteiger partial charge in [-0.1, -0.05) is 0 Å². The minimum atomic E-state index is -3.18. The van der Waals surface area contributed by atoms with Crippen molar-refractivity contribution in [1.29, 1.82) is 0 Å². The molecule has 1 spiro atoms. The van der Waals surface area contributed by atoms with Gasteiger partial charge in [-0.3, -0.25) is 0 Å². The molecule has 0 amide bonds. The standard InChI is InChI=1S/C18H26N4O3S/c1-26(23,24)20-9-13-14-10-22(11-18(14)7-6-16(13)25-18)17-19-8-12-4-2-3-5-15(12)21-17/h8,13-14,16,20H,2-7,9-11H2,1H3/t13-,14+,16+,18+/m0/s1. The first-order chi connectivity index (χ1) is 12.4. The number of aromatic nitrogens is 2. The van der Waals surface area contributed by atoms with Gasteiger partial charge in [0.15, 0.2) is 0 Å². The van der Waals surface area contributed by atoms with Gasteiger partial charge in [0, 0.05) is 36.8 Å². The molecule has 4 aliphatic rings. The number of ether oxygens (including phenoxy) is 1. The molecule has 4 heterocycles. The zero-order valence-corrected chi connectivity index (χ0v) is 16.0. The van der Waals surface area contributed by atoms with Gasteiger partial charge in [0.2, 0.25) is 16.0 Å². The number of anilines is 1. The summed E-state index contributed by atoms with van der Waals surface area (Å²) in [7, 11) is -3.18. The fraction of sp³-hybridized carbons (Fsp3) is 0.778. The van der Waals surface area contributed by atoms with E-state index in [2.05, 4.69) is 14.6 Å². The summed E-state index contributed by atoms with van der Waals surface area (Å²) in [6.45, 7) is 2.14. The van der Waals surface area contributed by atoms with Crippen molar-refractivity contribution in [3.8, 4) is 0 Å². The van der Waals surface area contributed by atoms with E-state index >= 15 is 0 Å². The van der Waals surface area contributed by atoms with Crippen molar-refractivity contribution >= 4 is 16.0 Å². The van der Waals surface area contributed by atoms with Crippen molar-refractivity contribution in [2.24, 2.45) is 11.8 Å². The Morgan fingerprint density at radius 3 is 3.08 bits per heavy atom. The maximum atomic E-state index is 11.5. The Hall–Kier alpha value is -1.25. The molecular formula is C18H26N4O3S. The van der Waals surface area contributed by atoms with Gasteiger partial charge >= 0.3 is 0 Å². The molecule has 1 aliphatic carbocycles. The third-order valence-corrected chi connectivity index (χ3v) is 7.39. The Labute approximate surface area is 154 Å². The van der Waals surface area contributed by atoms with Crippen LogP contribution in [0.15, 0.2) is 6.20 Å². The van der Waals surface area contributed by atoms with E-state index in [4.69, 9.17) is 9.72 Å². The van der Waals surface area contributed by atoms with E-state index in [9.17, 15) is 8.42 Å². The topological polar surface area (TPSA) is 84.4 Å². The Morgan fingerprint density at radius 2 is 2.23 bits per heavy atom. The third-order valence-electron chi connectivity index (χ3n) is 6.70. The Morgan fingerprint density at radius 1 is 1.38 bits per heavy atom. The van der Waals surface area contributed by atoms with Crippen LogP contribution in [0.2, 0.25) is 0 Å². The molecule has 5 rings (SSSR count). The molecule has 1 N–H and O–H groups in total. The van der Waals surface area contributed by atoms with Gasteiger partial charge in [0.1, 0.15) is 0 Å². The lowest BCUT2D eigenvalue weighted by molar-refractivity contribution is 0.0141. The number of aryl methyl sites for hydroxylation is 2. The van der Waals surface area contributed by atoms with Gasteiger partial charge in [0.05, 0.1) is 24.5 Å². The van der Waals surface area contributed by atoms with Gasteiger partial charge in [0.25, 0.3) is 0 Å². The highest BCUT2D eigenvalue weighted by atomic mass is 32.2. The molecule has 1 aromatic rings. The molecule has 142 valence electrons. The molecule has 3 aliphatic heterocycles. The average molecular weight is 378 g/mol. The first kappa shape index (κ1) is 16.9. The van der Waals surface area contributed by atoms with E-state index in [1.807, 2.05) is 6.20 Å². The van der Waals surface area contributed by atoms with E-state index in [1.165, 1.54) is 30.4 Å². The van der Waals surface area contributed by atoms with Gasteiger partial charge < -0.3 is 9.64 Å². The maximum Gasteiger partial charge on any atom is 0.225 e. The monoisotopic (exact) mass is 378 g/mol. The second-order valence-corrected chi connectivity index (χ2v) is 10.2. The number of fused-ring (bicyclic) bond motifs is 2. The van der Waals surface area contributed by atoms with Crippen LogP contribution in [-0.2, 0) is 27.6 Å². The Bertz CT molecular complexity index is 830. The zero-order chi connectivity index (χ0) is 17.9. The van der Waals surface area contributed by atoms with Gasteiger partial charge in [-0.05, 0) is 44.1 Å². The summed E-state index contributed by atoms with van der Waals surface area (Å²) in [4.78, 5) is 11.8. The van der Waals surface area contributed by atoms with Crippen LogP contribution in [-0.4, -0.2) is 56.0 Å². The summed E-state index contributed by atoms with van der Waals surface area (Å²) < 4.78 is 32.1. The van der Waals surface area contributed by atoms with Crippen LogP contribution in [0.3, 0.4) is 0 Å². The lowest BCUT2D eigenvalue weighted by atomic mass is 9.74. The predicted molar refractivity (Wildman–Crippen MR) is 97.6 cm³/mol. The summed E-state index contributed by atoms with van der Waals surface area (Å²) in [6, 6.07) is 0. The molecule has 7 nitrogen and oxygen atoms in total. The molecular weight excluding hydrogens is 352 g/mol. The minimum absolute atomic E-state index is 0.145. The molecule has 0 saturated carbocycles. The SMILES string of the molecule is CS(=O)(=O)NC[C@H]1[C@H]2CN(c3ncc4c(n3)CCCC4)C[C@]23CC[C@H]1O3. The van der Waals surface area contributed by atoms with Crippen LogP contribution in [0.25, 0.3) is 0 Å². The summed E-state index contributed by atoms with van der Waals surface area (Å²) in [5, 5.41) is 0. The van der Waals surface area contributed by atoms with Crippen molar-refractivity contribution < 1.29 is 13.2 Å². The lowest BCUT2D eigenvalue weighted by Gasteiger charge is -2.29. The number of nitrogens with zero attached hydrogens (tertiary/aromatic N) is 3. The molecule has 2 bridgehead atoms. The molecule has 4 atom stereocenters. The van der Waals surface area contributed by atoms with Crippen LogP contribution in [0, 0.1) is 11.8 Å². The fourth-order valence-electron chi connectivity index (χ4n) is 5.48. The molecule has 8 heteroatoms. The van der Waals surface area contributed by atoms with Crippen molar-refractivity contribution in [1.82, 2.24) is 14.7 Å². The molecule has 0 unspecified atom stereocenters. The van der Waals surface area contributed by atoms with Crippen LogP contribution in [0.4, 0.5) is 5.95 Å². The van der Waals surface area contributed by atoms with Crippen LogP contribution in [0.5, 0.6) is 0 Å². The van der Waals surface area contributed by atoms with Crippen molar-refractivity contribution in [2.75, 3.05) is 30.8 Å². The second-order valence-electron chi connectivity index (χ2n) is 8.38. The van der Waals surface area contributed by atoms with Crippen LogP contribution >= 0.6 is 0 Å². The Kier molecular flexibility index (Phi) is 3.82. The third kappa shape index (κ3) is 2.73. The lowest BCUT2D eigenvalue weighted by Crippen LogP contribution is -2.41. The van der Waals surface area contributed by atoms with Gasteiger partial charge in [-0.25, -0.2) is 23.1 Å². The van der Waals surface area contributed by atoms with E-state index in [1.54, 1.807) is 0 Å². The van der Waals surface area contributed by atoms with E-state index < -0.39 is 10.0 Å². The van der Waals surface area contributed by atoms with Crippen LogP contribution in [0.1, 0.15) is 36.9 Å². The summed E-state index contributed by atoms with van der Waals surface area (Å²) >= 11 is 0. The maximum absolute atomic E-state index is 11.5. The van der Waals surface area contributed by atoms with Crippen molar-refractivity contribution in [2.45, 2.75) is 50.2 Å². The second kappa shape index (κ2) is 5.87. The number of nitrogens with one attached hydrogen (secondary N) is 1. The fourth-order valence-corrected chi connectivity index (χ4v) is 5.98. The minimum Gasteiger partial charge on any atom is -0.369 e. The summed E-state index contributed by atoms with van der Waals surface area (Å²) in [5.41, 5.74) is 2.36. The first-order valence-electron chi connectivity index (χ1n) is 9.66. The highest BCUT2D eigenvalue weighted by molar-refractivity contribution is 7.88. The molecule has 0 radical (unpaired) electrons. The van der Waals surface area contributed by atoms with E-state index in [-0.39, 0.29) is 17.6 Å². The highest BCUT2D eigenvalue weighted by Gasteiger charge is 2.63. The van der Waals surface area contributed by atoms with E-state index in [0.717, 1.165) is 44.7 Å². The molecule has 1 aromatic heterocycles. The van der Waals surface area contributed by atoms with E-state index in [0.29, 0.717) is 12.5 Å². The summed E-state index contributed by atoms with van der Waals surface area (Å²) in [6.07, 6.45) is 10.1. The zero-order valence-electron chi connectivity index (χ0n) is 15.1. The predicted octanol–water partition coefficient (Wildman–Crippen LogP) is 0.888. The normalized spacial score (nSPS) is 35.6. The number of rotatable bonds is 4. The number of hydrogen-bond acceptors (Lipinski definition) is 6. The molecule has 26 heavy (non-hydrogen) atoms. The highest BCUT2D eigenvalue weighted by Crippen LogP contribution is 2.55. The number of hydrogen-bond donors (Lipinski definition) is 1. The molecule has 3 saturated heterocycles. The quantitative estimate of drug-likeness (QED) is 0.838. The van der Waals surface area contributed by atoms with Gasteiger partial charge in [-0.2, -0.15) is 0 Å². The molecule has 3 fully saturated rings. The first-order valence-corrected chi connectivity index (χ1v) is 11.5. The molecule has 0 aromatic carbocycles. The summed E-state index contributed by atoms with van der Waals surface area (Å²) in [5.74, 6) is 1.40. The smallest absolute Gasteiger partial charge is 0.225 e. The average Bonchev–Trinajstić information content (AvgIpc) is 3.27. The van der Waals surface area contributed by atoms with Gasteiger partial charge in [-0.15, -0.1) is 0 Å². The van der Waals surface area contributed by atoms with Crippen molar-refractivity contribution in [3.63, 3.8) is 0 Å². The largest absolute Gasteiger partial charge is 0.369 e. The Balaban J connectivity index is 1.37. The van der Waals surface area contributed by atoms with Crippen LogP contribution < -0.4 is 9.62 Å².